The predicted molar refractivity (Wildman–Crippen MR) is 55.0 cm³/mol. The Balaban J connectivity index is 3.37. The minimum Gasteiger partial charge on any atom is -0.393 e. The highest BCUT2D eigenvalue weighted by Gasteiger charge is 2.14. The van der Waals surface area contributed by atoms with Gasteiger partial charge in [0.05, 0.1) is 15.5 Å². The fourth-order valence-electron chi connectivity index (χ4n) is 0.926. The minimum absolute atomic E-state index is 0.0347. The van der Waals surface area contributed by atoms with E-state index >= 15 is 0 Å². The number of hydrogen-bond acceptors (Lipinski definition) is 4. The topological polar surface area (TPSA) is 92.9 Å². The molecular weight excluding hydrogens is 218 g/mol. The van der Waals surface area contributed by atoms with Crippen molar-refractivity contribution in [3.63, 3.8) is 0 Å². The Kier molecular flexibility index (Phi) is 3.12. The monoisotopic (exact) mass is 221 g/mol. The molecule has 0 aliphatic carbocycles. The van der Waals surface area contributed by atoms with Crippen molar-refractivity contribution in [1.29, 1.82) is 5.26 Å². The Hall–Kier alpha value is -2.24. The first-order valence-electron chi connectivity index (χ1n) is 3.69. The quantitative estimate of drug-likeness (QED) is 0.338. The van der Waals surface area contributed by atoms with Crippen molar-refractivity contribution in [2.75, 3.05) is 5.73 Å². The number of nitrogens with zero attached hydrogens (tertiary/aromatic N) is 2. The number of nitro benzene ring substituents is 1. The van der Waals surface area contributed by atoms with Gasteiger partial charge in [-0.3, -0.25) is 10.1 Å². The summed E-state index contributed by atoms with van der Waals surface area (Å²) in [5.41, 5.74) is 5.28. The van der Waals surface area contributed by atoms with E-state index in [-0.39, 0.29) is 22.0 Å². The summed E-state index contributed by atoms with van der Waals surface area (Å²) < 4.78 is 0. The molecular formula is C9H4ClN3O2. The maximum Gasteiger partial charge on any atom is 0.293 e. The molecule has 2 N–H and O–H groups in total. The fraction of sp³-hybridized carbons (Fsp3) is 0. The first-order valence-corrected chi connectivity index (χ1v) is 4.07. The van der Waals surface area contributed by atoms with Crippen LogP contribution in [0.1, 0.15) is 5.56 Å². The molecule has 0 fully saturated rings. The van der Waals surface area contributed by atoms with E-state index in [1.807, 2.05) is 0 Å². The number of hydrogen-bond donors (Lipinski definition) is 1. The van der Waals surface area contributed by atoms with E-state index in [0.29, 0.717) is 0 Å². The van der Waals surface area contributed by atoms with E-state index in [1.54, 1.807) is 6.07 Å². The summed E-state index contributed by atoms with van der Waals surface area (Å²) in [6.45, 7) is 0. The van der Waals surface area contributed by atoms with Gasteiger partial charge in [0.2, 0.25) is 0 Å². The van der Waals surface area contributed by atoms with Crippen LogP contribution in [0.4, 0.5) is 11.4 Å². The molecule has 15 heavy (non-hydrogen) atoms. The van der Waals surface area contributed by atoms with Crippen molar-refractivity contribution < 1.29 is 4.92 Å². The van der Waals surface area contributed by atoms with E-state index in [2.05, 4.69) is 11.8 Å². The predicted octanol–water partition coefficient (Wildman–Crippen LogP) is 1.71. The highest BCUT2D eigenvalue weighted by atomic mass is 35.5. The third-order valence-electron chi connectivity index (χ3n) is 1.57. The van der Waals surface area contributed by atoms with Gasteiger partial charge in [-0.05, 0) is 12.0 Å². The van der Waals surface area contributed by atoms with Gasteiger partial charge in [0, 0.05) is 12.0 Å². The number of benzene rings is 1. The normalized spacial score (nSPS) is 8.53. The molecule has 0 heterocycles. The molecule has 1 rings (SSSR count). The number of halogens is 1. The van der Waals surface area contributed by atoms with Gasteiger partial charge in [0.1, 0.15) is 5.69 Å². The van der Waals surface area contributed by atoms with Crippen molar-refractivity contribution in [2.24, 2.45) is 0 Å². The van der Waals surface area contributed by atoms with E-state index in [4.69, 9.17) is 22.6 Å². The number of nitrogens with two attached hydrogens (primary N) is 1. The van der Waals surface area contributed by atoms with Gasteiger partial charge in [0.25, 0.3) is 5.69 Å². The molecule has 0 atom stereocenters. The molecule has 0 amide bonds. The van der Waals surface area contributed by atoms with Gasteiger partial charge in [-0.15, -0.1) is 0 Å². The van der Waals surface area contributed by atoms with Crippen molar-refractivity contribution in [3.8, 4) is 17.9 Å². The average molecular weight is 222 g/mol. The third-order valence-corrected chi connectivity index (χ3v) is 1.88. The molecule has 0 aliphatic heterocycles. The molecule has 0 bridgehead atoms. The van der Waals surface area contributed by atoms with Gasteiger partial charge in [-0.25, -0.2) is 0 Å². The van der Waals surface area contributed by atoms with Gasteiger partial charge in [-0.1, -0.05) is 11.6 Å². The van der Waals surface area contributed by atoms with E-state index < -0.39 is 4.92 Å². The number of nitriles is 1. The van der Waals surface area contributed by atoms with Crippen LogP contribution in [0.3, 0.4) is 0 Å². The average Bonchev–Trinajstić information content (AvgIpc) is 2.16. The van der Waals surface area contributed by atoms with Crippen LogP contribution in [0.5, 0.6) is 0 Å². The molecule has 74 valence electrons. The molecule has 0 unspecified atom stereocenters. The van der Waals surface area contributed by atoms with Crippen molar-refractivity contribution >= 4 is 23.0 Å². The maximum absolute atomic E-state index is 10.5. The smallest absolute Gasteiger partial charge is 0.293 e. The summed E-state index contributed by atoms with van der Waals surface area (Å²) in [5, 5.41) is 18.9. The molecule has 0 radical (unpaired) electrons. The lowest BCUT2D eigenvalue weighted by atomic mass is 10.2. The molecule has 1 aromatic rings. The summed E-state index contributed by atoms with van der Waals surface area (Å²) in [4.78, 5) is 9.89. The van der Waals surface area contributed by atoms with Crippen molar-refractivity contribution in [2.45, 2.75) is 0 Å². The zero-order chi connectivity index (χ0) is 11.4. The highest BCUT2D eigenvalue weighted by Crippen LogP contribution is 2.28. The summed E-state index contributed by atoms with van der Waals surface area (Å²) in [6.07, 6.45) is 0. The Morgan fingerprint density at radius 2 is 2.20 bits per heavy atom. The van der Waals surface area contributed by atoms with Gasteiger partial charge >= 0.3 is 0 Å². The second-order valence-corrected chi connectivity index (χ2v) is 2.92. The van der Waals surface area contributed by atoms with Crippen LogP contribution in [-0.2, 0) is 0 Å². The number of nitro groups is 1. The Morgan fingerprint density at radius 1 is 1.53 bits per heavy atom. The fourth-order valence-corrected chi connectivity index (χ4v) is 1.15. The molecule has 1 aromatic carbocycles. The SMILES string of the molecule is N#CC#Cc1cc([N+](=O)[O-])c(N)cc1Cl. The van der Waals surface area contributed by atoms with Gasteiger partial charge in [0.15, 0.2) is 6.07 Å². The lowest BCUT2D eigenvalue weighted by Gasteiger charge is -1.99. The zero-order valence-electron chi connectivity index (χ0n) is 7.32. The molecule has 0 saturated heterocycles. The molecule has 0 spiro atoms. The lowest BCUT2D eigenvalue weighted by Crippen LogP contribution is -1.96. The van der Waals surface area contributed by atoms with Crippen LogP contribution in [0, 0.1) is 33.3 Å². The first kappa shape index (κ1) is 10.8. The standard InChI is InChI=1S/C9H4ClN3O2/c10-7-5-8(12)9(13(14)15)4-6(7)2-1-3-11/h4-5H,12H2. The van der Waals surface area contributed by atoms with E-state index in [9.17, 15) is 10.1 Å². The van der Waals surface area contributed by atoms with Crippen LogP contribution in [0.2, 0.25) is 5.02 Å². The van der Waals surface area contributed by atoms with E-state index in [1.165, 1.54) is 6.07 Å². The molecule has 6 heteroatoms. The van der Waals surface area contributed by atoms with Crippen molar-refractivity contribution in [1.82, 2.24) is 0 Å². The summed E-state index contributed by atoms with van der Waals surface area (Å²) in [5.74, 6) is 4.48. The third kappa shape index (κ3) is 2.37. The molecule has 0 aromatic heterocycles. The summed E-state index contributed by atoms with van der Waals surface area (Å²) in [7, 11) is 0. The second kappa shape index (κ2) is 4.32. The summed E-state index contributed by atoms with van der Waals surface area (Å²) >= 11 is 5.73. The number of anilines is 1. The van der Waals surface area contributed by atoms with Crippen LogP contribution >= 0.6 is 11.6 Å². The first-order chi connectivity index (χ1) is 7.06. The largest absolute Gasteiger partial charge is 0.393 e. The number of nitrogen functional groups attached to an aromatic ring is 1. The zero-order valence-corrected chi connectivity index (χ0v) is 8.08. The van der Waals surface area contributed by atoms with Crippen LogP contribution < -0.4 is 5.73 Å². The van der Waals surface area contributed by atoms with Crippen LogP contribution in [0.15, 0.2) is 12.1 Å². The van der Waals surface area contributed by atoms with Crippen molar-refractivity contribution in [3.05, 3.63) is 32.8 Å². The Labute approximate surface area is 90.2 Å². The van der Waals surface area contributed by atoms with Crippen LogP contribution in [0.25, 0.3) is 0 Å². The van der Waals surface area contributed by atoms with E-state index in [0.717, 1.165) is 6.07 Å². The molecule has 0 aliphatic rings. The molecule has 0 saturated carbocycles. The van der Waals surface area contributed by atoms with Gasteiger partial charge in [-0.2, -0.15) is 5.26 Å². The minimum atomic E-state index is -0.636. The highest BCUT2D eigenvalue weighted by molar-refractivity contribution is 6.32. The Morgan fingerprint density at radius 3 is 2.73 bits per heavy atom. The number of rotatable bonds is 1. The van der Waals surface area contributed by atoms with Crippen LogP contribution in [-0.4, -0.2) is 4.92 Å². The maximum atomic E-state index is 10.5. The molecule has 5 nitrogen and oxygen atoms in total. The lowest BCUT2D eigenvalue weighted by molar-refractivity contribution is -0.383. The summed E-state index contributed by atoms with van der Waals surface area (Å²) in [6, 6.07) is 3.96. The van der Waals surface area contributed by atoms with Gasteiger partial charge < -0.3 is 5.73 Å². The Bertz CT molecular complexity index is 523. The second-order valence-electron chi connectivity index (χ2n) is 2.51.